The molecule has 0 radical (unpaired) electrons. The first kappa shape index (κ1) is 21.6. The van der Waals surface area contributed by atoms with Crippen LogP contribution in [0.2, 0.25) is 0 Å². The summed E-state index contributed by atoms with van der Waals surface area (Å²) < 4.78 is 5.21. The molecule has 0 spiro atoms. The molecule has 1 aromatic carbocycles. The van der Waals surface area contributed by atoms with Gasteiger partial charge in [-0.3, -0.25) is 4.79 Å². The number of hydrogen-bond acceptors (Lipinski definition) is 4. The minimum absolute atomic E-state index is 0.224. The zero-order valence-electron chi connectivity index (χ0n) is 17.0. The molecule has 154 valence electrons. The normalized spacial score (nSPS) is 27.0. The van der Waals surface area contributed by atoms with Crippen molar-refractivity contribution in [2.24, 2.45) is 23.7 Å². The minimum atomic E-state index is 0.224. The molecule has 4 atom stereocenters. The van der Waals surface area contributed by atoms with Crippen LogP contribution in [0.15, 0.2) is 36.4 Å². The number of Topliss-reactive ketones (excluding diaryl/α,β-unsaturated/α-hetero) is 1. The number of allylic oxidation sites excluding steroid dienone is 2. The van der Waals surface area contributed by atoms with Gasteiger partial charge in [0.25, 0.3) is 0 Å². The van der Waals surface area contributed by atoms with Crippen molar-refractivity contribution in [3.05, 3.63) is 47.5 Å². The molecule has 1 N–H and O–H groups in total. The Kier molecular flexibility index (Phi) is 8.63. The topological polar surface area (TPSA) is 46.5 Å². The number of carbonyl (C=O) groups excluding carboxylic acids is 1. The minimum Gasteiger partial charge on any atom is -0.396 e. The molecular formula is C24H34O3S. The highest BCUT2D eigenvalue weighted by molar-refractivity contribution is 7.99. The van der Waals surface area contributed by atoms with E-state index < -0.39 is 0 Å². The van der Waals surface area contributed by atoms with E-state index in [9.17, 15) is 4.79 Å². The molecule has 3 unspecified atom stereocenters. The molecular weight excluding hydrogens is 368 g/mol. The number of thioether (sulfide) groups is 1. The van der Waals surface area contributed by atoms with E-state index in [4.69, 9.17) is 9.84 Å². The van der Waals surface area contributed by atoms with Gasteiger partial charge in [-0.05, 0) is 72.5 Å². The van der Waals surface area contributed by atoms with E-state index in [1.54, 1.807) is 7.11 Å². The fraction of sp³-hybridized carbons (Fsp3) is 0.625. The third-order valence-electron chi connectivity index (χ3n) is 6.15. The van der Waals surface area contributed by atoms with Gasteiger partial charge in [0.1, 0.15) is 5.78 Å². The maximum Gasteiger partial charge on any atom is 0.136 e. The number of aliphatic hydroxyl groups excluding tert-OH is 1. The van der Waals surface area contributed by atoms with Crippen LogP contribution in [-0.2, 0) is 22.6 Å². The number of aryl methyl sites for hydroxylation is 1. The molecule has 0 aliphatic heterocycles. The van der Waals surface area contributed by atoms with Crippen LogP contribution in [-0.4, -0.2) is 36.1 Å². The molecule has 4 heteroatoms. The molecule has 0 bridgehead atoms. The van der Waals surface area contributed by atoms with Crippen LogP contribution in [0.3, 0.4) is 0 Å². The summed E-state index contributed by atoms with van der Waals surface area (Å²) in [5.74, 6) is 4.60. The van der Waals surface area contributed by atoms with E-state index in [0.717, 1.165) is 43.6 Å². The average molecular weight is 403 g/mol. The number of aliphatic hydroxyl groups is 1. The molecule has 3 rings (SSSR count). The number of methoxy groups -OCH3 is 1. The fourth-order valence-electron chi connectivity index (χ4n) is 4.29. The van der Waals surface area contributed by atoms with Crippen molar-refractivity contribution in [2.45, 2.75) is 45.1 Å². The van der Waals surface area contributed by atoms with Crippen LogP contribution in [0.25, 0.3) is 0 Å². The molecule has 0 aromatic heterocycles. The van der Waals surface area contributed by atoms with E-state index in [2.05, 4.69) is 36.4 Å². The summed E-state index contributed by atoms with van der Waals surface area (Å²) in [5, 5.41) is 9.12. The number of benzene rings is 1. The lowest BCUT2D eigenvalue weighted by Gasteiger charge is -2.14. The Morgan fingerprint density at radius 2 is 2.14 bits per heavy atom. The van der Waals surface area contributed by atoms with Crippen LogP contribution in [0.4, 0.5) is 0 Å². The lowest BCUT2D eigenvalue weighted by Crippen LogP contribution is -2.14. The molecule has 3 nitrogen and oxygen atoms in total. The molecule has 2 aliphatic carbocycles. The molecule has 2 saturated carbocycles. The highest BCUT2D eigenvalue weighted by Gasteiger charge is 2.36. The Morgan fingerprint density at radius 1 is 1.29 bits per heavy atom. The van der Waals surface area contributed by atoms with Gasteiger partial charge < -0.3 is 9.84 Å². The summed E-state index contributed by atoms with van der Waals surface area (Å²) >= 11 is 1.97. The monoisotopic (exact) mass is 402 g/mol. The predicted molar refractivity (Wildman–Crippen MR) is 116 cm³/mol. The zero-order valence-corrected chi connectivity index (χ0v) is 17.8. The van der Waals surface area contributed by atoms with Crippen molar-refractivity contribution in [2.75, 3.05) is 25.2 Å². The van der Waals surface area contributed by atoms with E-state index in [1.165, 1.54) is 17.5 Å². The summed E-state index contributed by atoms with van der Waals surface area (Å²) in [5.41, 5.74) is 2.57. The van der Waals surface area contributed by atoms with Crippen LogP contribution < -0.4 is 0 Å². The van der Waals surface area contributed by atoms with Gasteiger partial charge in [-0.25, -0.2) is 0 Å². The van der Waals surface area contributed by atoms with Gasteiger partial charge in [-0.15, -0.1) is 0 Å². The standard InChI is InChI=1S/C24H34O3S/c1-27-16-19-7-4-6-18(13-19)5-2-3-8-20-9-10-24(26)23(20)11-12-28-17-22-14-21(22)15-25/h3-4,6-8,13,20-23,25H,2,5,9-12,14-17H2,1H3/b8-3+/t20?,21?,22?,23-/m1/s1. The lowest BCUT2D eigenvalue weighted by molar-refractivity contribution is -0.121. The Morgan fingerprint density at radius 3 is 2.93 bits per heavy atom. The second-order valence-electron chi connectivity index (χ2n) is 8.30. The molecule has 0 heterocycles. The number of ketones is 1. The highest BCUT2D eigenvalue weighted by Crippen LogP contribution is 2.41. The van der Waals surface area contributed by atoms with Crippen LogP contribution in [0.1, 0.15) is 43.2 Å². The van der Waals surface area contributed by atoms with Crippen molar-refractivity contribution in [1.82, 2.24) is 0 Å². The Bertz CT molecular complexity index is 657. The third kappa shape index (κ3) is 6.47. The third-order valence-corrected chi connectivity index (χ3v) is 7.34. The summed E-state index contributed by atoms with van der Waals surface area (Å²) in [4.78, 5) is 12.3. The molecule has 1 aromatic rings. The number of rotatable bonds is 12. The van der Waals surface area contributed by atoms with Gasteiger partial charge in [0, 0.05) is 26.1 Å². The first-order chi connectivity index (χ1) is 13.7. The molecule has 0 amide bonds. The van der Waals surface area contributed by atoms with Gasteiger partial charge in [-0.2, -0.15) is 11.8 Å². The van der Waals surface area contributed by atoms with Crippen LogP contribution in [0, 0.1) is 23.7 Å². The Hall–Kier alpha value is -1.10. The van der Waals surface area contributed by atoms with E-state index in [0.29, 0.717) is 36.8 Å². The van der Waals surface area contributed by atoms with Crippen LogP contribution in [0.5, 0.6) is 0 Å². The molecule has 2 aliphatic rings. The van der Waals surface area contributed by atoms with E-state index in [1.807, 2.05) is 11.8 Å². The van der Waals surface area contributed by atoms with Gasteiger partial charge in [-0.1, -0.05) is 36.4 Å². The maximum absolute atomic E-state index is 12.3. The summed E-state index contributed by atoms with van der Waals surface area (Å²) in [6, 6.07) is 8.59. The maximum atomic E-state index is 12.3. The summed E-state index contributed by atoms with van der Waals surface area (Å²) in [7, 11) is 1.73. The van der Waals surface area contributed by atoms with E-state index >= 15 is 0 Å². The first-order valence-corrected chi connectivity index (χ1v) is 11.8. The predicted octanol–water partition coefficient (Wildman–Crippen LogP) is 4.67. The van der Waals surface area contributed by atoms with Gasteiger partial charge in [0.05, 0.1) is 6.61 Å². The number of hydrogen-bond donors (Lipinski definition) is 1. The smallest absolute Gasteiger partial charge is 0.136 e. The summed E-state index contributed by atoms with van der Waals surface area (Å²) in [6.45, 7) is 1.00. The van der Waals surface area contributed by atoms with Crippen molar-refractivity contribution in [3.8, 4) is 0 Å². The molecule has 0 saturated heterocycles. The first-order valence-electron chi connectivity index (χ1n) is 10.7. The fourth-order valence-corrected chi connectivity index (χ4v) is 5.58. The largest absolute Gasteiger partial charge is 0.396 e. The zero-order chi connectivity index (χ0) is 19.8. The van der Waals surface area contributed by atoms with E-state index in [-0.39, 0.29) is 5.92 Å². The SMILES string of the molecule is COCc1cccc(CC/C=C/C2CCC(=O)[C@@H]2CCSCC2CC2CO)c1. The Labute approximate surface area is 173 Å². The van der Waals surface area contributed by atoms with Crippen LogP contribution >= 0.6 is 11.8 Å². The quantitative estimate of drug-likeness (QED) is 0.408. The average Bonchev–Trinajstić information content (AvgIpc) is 3.38. The van der Waals surface area contributed by atoms with Gasteiger partial charge in [0.2, 0.25) is 0 Å². The molecule has 2 fully saturated rings. The van der Waals surface area contributed by atoms with Crippen molar-refractivity contribution < 1.29 is 14.6 Å². The Balaban J connectivity index is 1.38. The van der Waals surface area contributed by atoms with Crippen molar-refractivity contribution >= 4 is 17.5 Å². The van der Waals surface area contributed by atoms with Gasteiger partial charge in [0.15, 0.2) is 0 Å². The van der Waals surface area contributed by atoms with Crippen molar-refractivity contribution in [3.63, 3.8) is 0 Å². The molecule has 28 heavy (non-hydrogen) atoms. The van der Waals surface area contributed by atoms with Gasteiger partial charge >= 0.3 is 0 Å². The lowest BCUT2D eigenvalue weighted by atomic mass is 9.92. The highest BCUT2D eigenvalue weighted by atomic mass is 32.2. The second kappa shape index (κ2) is 11.2. The second-order valence-corrected chi connectivity index (χ2v) is 9.45. The van der Waals surface area contributed by atoms with Crippen molar-refractivity contribution in [1.29, 1.82) is 0 Å². The number of carbonyl (C=O) groups is 1. The summed E-state index contributed by atoms with van der Waals surface area (Å²) in [6.07, 6.45) is 10.6. The number of ether oxygens (including phenoxy) is 1.